The van der Waals surface area contributed by atoms with Crippen molar-refractivity contribution >= 4 is 21.6 Å². The van der Waals surface area contributed by atoms with Crippen LogP contribution in [0.2, 0.25) is 0 Å². The number of hydrogen-bond acceptors (Lipinski definition) is 3. The highest BCUT2D eigenvalue weighted by Crippen LogP contribution is 2.25. The van der Waals surface area contributed by atoms with Gasteiger partial charge in [-0.2, -0.15) is 4.31 Å². The average Bonchev–Trinajstić information content (AvgIpc) is 2.91. The zero-order valence-corrected chi connectivity index (χ0v) is 12.7. The number of hydrogen-bond donors (Lipinski definition) is 0. The maximum Gasteiger partial charge on any atom is 0.243 e. The number of nitrogens with zero attached hydrogens (tertiary/aromatic N) is 1. The molecular formula is C13H18ClNO3S. The molecule has 1 aromatic rings. The van der Waals surface area contributed by atoms with Gasteiger partial charge in [0, 0.05) is 19.5 Å². The lowest BCUT2D eigenvalue weighted by atomic mass is 10.1. The van der Waals surface area contributed by atoms with Crippen LogP contribution in [0.1, 0.15) is 17.5 Å². The van der Waals surface area contributed by atoms with Crippen molar-refractivity contribution in [2.75, 3.05) is 20.3 Å². The summed E-state index contributed by atoms with van der Waals surface area (Å²) in [5.41, 5.74) is 1.57. The van der Waals surface area contributed by atoms with Gasteiger partial charge in [0.15, 0.2) is 0 Å². The maximum atomic E-state index is 12.6. The van der Waals surface area contributed by atoms with Gasteiger partial charge in [-0.3, -0.25) is 0 Å². The molecule has 0 N–H and O–H groups in total. The van der Waals surface area contributed by atoms with Gasteiger partial charge in [-0.1, -0.05) is 12.1 Å². The average molecular weight is 304 g/mol. The van der Waals surface area contributed by atoms with Crippen molar-refractivity contribution in [1.82, 2.24) is 4.31 Å². The molecule has 19 heavy (non-hydrogen) atoms. The quantitative estimate of drug-likeness (QED) is 0.801. The second kappa shape index (κ2) is 5.79. The Hall–Kier alpha value is -0.620. The lowest BCUT2D eigenvalue weighted by Gasteiger charge is -2.24. The molecule has 2 rings (SSSR count). The summed E-state index contributed by atoms with van der Waals surface area (Å²) < 4.78 is 31.9. The number of alkyl halides is 1. The second-order valence-electron chi connectivity index (χ2n) is 4.71. The smallest absolute Gasteiger partial charge is 0.243 e. The first-order valence-corrected chi connectivity index (χ1v) is 8.16. The number of rotatable bonds is 4. The SMILES string of the molecule is Cc1c(CCl)cccc1S(=O)(=O)N(C)C1CCOC1. The summed E-state index contributed by atoms with van der Waals surface area (Å²) in [6, 6.07) is 5.13. The lowest BCUT2D eigenvalue weighted by molar-refractivity contribution is 0.181. The molecule has 0 aliphatic carbocycles. The maximum absolute atomic E-state index is 12.6. The normalized spacial score (nSPS) is 20.1. The molecule has 1 unspecified atom stereocenters. The molecule has 0 radical (unpaired) electrons. The van der Waals surface area contributed by atoms with Crippen molar-refractivity contribution in [3.05, 3.63) is 29.3 Å². The van der Waals surface area contributed by atoms with E-state index < -0.39 is 10.0 Å². The lowest BCUT2D eigenvalue weighted by Crippen LogP contribution is -2.37. The van der Waals surface area contributed by atoms with Gasteiger partial charge in [-0.15, -0.1) is 11.6 Å². The van der Waals surface area contributed by atoms with Gasteiger partial charge in [0.1, 0.15) is 0 Å². The first kappa shape index (κ1) is 14.8. The number of ether oxygens (including phenoxy) is 1. The first-order valence-electron chi connectivity index (χ1n) is 6.18. The van der Waals surface area contributed by atoms with Crippen molar-refractivity contribution < 1.29 is 13.2 Å². The number of sulfonamides is 1. The third kappa shape index (κ3) is 2.79. The standard InChI is InChI=1S/C13H18ClNO3S/c1-10-11(8-14)4-3-5-13(10)19(16,17)15(2)12-6-7-18-9-12/h3-5,12H,6-9H2,1-2H3. The molecule has 0 bridgehead atoms. The Morgan fingerprint density at radius 2 is 2.21 bits per heavy atom. The molecule has 1 atom stereocenters. The van der Waals surface area contributed by atoms with Gasteiger partial charge in [0.05, 0.1) is 17.5 Å². The minimum absolute atomic E-state index is 0.0796. The number of likely N-dealkylation sites (N-methyl/N-ethyl adjacent to an activating group) is 1. The summed E-state index contributed by atoms with van der Waals surface area (Å²) in [4.78, 5) is 0.333. The van der Waals surface area contributed by atoms with Crippen LogP contribution in [-0.4, -0.2) is 39.0 Å². The van der Waals surface area contributed by atoms with Gasteiger partial charge in [-0.05, 0) is 30.5 Å². The Balaban J connectivity index is 2.39. The van der Waals surface area contributed by atoms with Gasteiger partial charge >= 0.3 is 0 Å². The van der Waals surface area contributed by atoms with Crippen molar-refractivity contribution in [1.29, 1.82) is 0 Å². The molecule has 106 valence electrons. The summed E-state index contributed by atoms with van der Waals surface area (Å²) in [5.74, 6) is 0.311. The van der Waals surface area contributed by atoms with E-state index in [1.807, 2.05) is 6.07 Å². The highest BCUT2D eigenvalue weighted by molar-refractivity contribution is 7.89. The predicted molar refractivity (Wildman–Crippen MR) is 74.9 cm³/mol. The van der Waals surface area contributed by atoms with Crippen LogP contribution in [0.15, 0.2) is 23.1 Å². The largest absolute Gasteiger partial charge is 0.380 e. The van der Waals surface area contributed by atoms with Gasteiger partial charge in [-0.25, -0.2) is 8.42 Å². The van der Waals surface area contributed by atoms with Crippen LogP contribution in [0, 0.1) is 6.92 Å². The molecule has 1 fully saturated rings. The topological polar surface area (TPSA) is 46.6 Å². The summed E-state index contributed by atoms with van der Waals surface area (Å²) in [5, 5.41) is 0. The third-order valence-corrected chi connectivity index (χ3v) is 5.96. The fourth-order valence-electron chi connectivity index (χ4n) is 2.24. The molecule has 0 saturated carbocycles. The molecule has 1 heterocycles. The van der Waals surface area contributed by atoms with Crippen molar-refractivity contribution in [2.45, 2.75) is 30.2 Å². The Bertz CT molecular complexity index is 553. The Morgan fingerprint density at radius 3 is 2.79 bits per heavy atom. The second-order valence-corrected chi connectivity index (χ2v) is 6.95. The monoisotopic (exact) mass is 303 g/mol. The van der Waals surface area contributed by atoms with E-state index in [2.05, 4.69) is 0 Å². The number of halogens is 1. The van der Waals surface area contributed by atoms with E-state index >= 15 is 0 Å². The van der Waals surface area contributed by atoms with Crippen molar-refractivity contribution in [3.8, 4) is 0 Å². The fourth-order valence-corrected chi connectivity index (χ4v) is 4.17. The molecule has 6 heteroatoms. The minimum atomic E-state index is -3.49. The first-order chi connectivity index (χ1) is 8.98. The molecule has 1 aromatic carbocycles. The molecule has 0 aromatic heterocycles. The molecule has 1 saturated heterocycles. The third-order valence-electron chi connectivity index (χ3n) is 3.62. The molecule has 0 spiro atoms. The summed E-state index contributed by atoms with van der Waals surface area (Å²) >= 11 is 5.83. The van der Waals surface area contributed by atoms with E-state index in [0.29, 0.717) is 24.0 Å². The zero-order chi connectivity index (χ0) is 14.0. The van der Waals surface area contributed by atoms with Crippen LogP contribution in [0.25, 0.3) is 0 Å². The molecular weight excluding hydrogens is 286 g/mol. The van der Waals surface area contributed by atoms with E-state index in [0.717, 1.165) is 17.5 Å². The van der Waals surface area contributed by atoms with E-state index in [4.69, 9.17) is 16.3 Å². The summed E-state index contributed by atoms with van der Waals surface area (Å²) in [7, 11) is -1.88. The van der Waals surface area contributed by atoms with Crippen LogP contribution in [-0.2, 0) is 20.6 Å². The van der Waals surface area contributed by atoms with Gasteiger partial charge in [0.25, 0.3) is 0 Å². The van der Waals surface area contributed by atoms with Crippen molar-refractivity contribution in [3.63, 3.8) is 0 Å². The van der Waals surface area contributed by atoms with Crippen LogP contribution < -0.4 is 0 Å². The van der Waals surface area contributed by atoms with E-state index in [-0.39, 0.29) is 6.04 Å². The summed E-state index contributed by atoms with van der Waals surface area (Å²) in [6.45, 7) is 2.87. The van der Waals surface area contributed by atoms with Gasteiger partial charge < -0.3 is 4.74 Å². The predicted octanol–water partition coefficient (Wildman–Crippen LogP) is 2.14. The van der Waals surface area contributed by atoms with E-state index in [1.165, 1.54) is 4.31 Å². The Morgan fingerprint density at radius 1 is 1.47 bits per heavy atom. The van der Waals surface area contributed by atoms with Crippen LogP contribution >= 0.6 is 11.6 Å². The van der Waals surface area contributed by atoms with Crippen LogP contribution in [0.4, 0.5) is 0 Å². The molecule has 4 nitrogen and oxygen atoms in total. The highest BCUT2D eigenvalue weighted by Gasteiger charge is 2.31. The van der Waals surface area contributed by atoms with Crippen LogP contribution in [0.5, 0.6) is 0 Å². The summed E-state index contributed by atoms with van der Waals surface area (Å²) in [6.07, 6.45) is 0.740. The fraction of sp³-hybridized carbons (Fsp3) is 0.538. The molecule has 1 aliphatic heterocycles. The minimum Gasteiger partial charge on any atom is -0.380 e. The van der Waals surface area contributed by atoms with Gasteiger partial charge in [0.2, 0.25) is 10.0 Å². The zero-order valence-electron chi connectivity index (χ0n) is 11.1. The number of benzene rings is 1. The Labute approximate surface area is 119 Å². The molecule has 1 aliphatic rings. The molecule has 0 amide bonds. The van der Waals surface area contributed by atoms with E-state index in [1.54, 1.807) is 26.1 Å². The van der Waals surface area contributed by atoms with E-state index in [9.17, 15) is 8.42 Å². The highest BCUT2D eigenvalue weighted by atomic mass is 35.5. The van der Waals surface area contributed by atoms with Crippen molar-refractivity contribution in [2.24, 2.45) is 0 Å². The van der Waals surface area contributed by atoms with Crippen LogP contribution in [0.3, 0.4) is 0 Å². The Kier molecular flexibility index (Phi) is 4.50.